The van der Waals surface area contributed by atoms with Gasteiger partial charge in [0.05, 0.1) is 6.33 Å². The molecule has 0 radical (unpaired) electrons. The minimum absolute atomic E-state index is 0.272. The lowest BCUT2D eigenvalue weighted by atomic mass is 9.69. The first kappa shape index (κ1) is 9.83. The molecule has 0 aromatic rings. The average molecular weight is 209 g/mol. The Labute approximate surface area is 91.3 Å². The van der Waals surface area contributed by atoms with E-state index in [9.17, 15) is 4.39 Å². The van der Waals surface area contributed by atoms with E-state index in [1.165, 1.54) is 13.0 Å². The number of nitrogens with zero attached hydrogens (tertiary/aromatic N) is 1. The Hall–Kier alpha value is -0.370. The molecule has 0 N–H and O–H groups in total. The van der Waals surface area contributed by atoms with Crippen LogP contribution in [0.1, 0.15) is 33.6 Å². The molecule has 1 nitrogen and oxygen atoms in total. The van der Waals surface area contributed by atoms with Crippen molar-refractivity contribution < 1.29 is 4.39 Å². The van der Waals surface area contributed by atoms with E-state index in [-0.39, 0.29) is 11.0 Å². The van der Waals surface area contributed by atoms with E-state index in [1.54, 1.807) is 0 Å². The molecule has 3 unspecified atom stereocenters. The molecule has 3 aliphatic rings. The molecule has 0 bridgehead atoms. The molecule has 15 heavy (non-hydrogen) atoms. The van der Waals surface area contributed by atoms with E-state index >= 15 is 0 Å². The smallest absolute Gasteiger partial charge is 0.0872 e. The summed E-state index contributed by atoms with van der Waals surface area (Å²) >= 11 is 0. The monoisotopic (exact) mass is 209 g/mol. The van der Waals surface area contributed by atoms with Crippen LogP contribution < -0.4 is 0 Å². The molecule has 2 saturated heterocycles. The highest BCUT2D eigenvalue weighted by Crippen LogP contribution is 2.65. The van der Waals surface area contributed by atoms with Crippen LogP contribution in [0.4, 0.5) is 4.39 Å². The van der Waals surface area contributed by atoms with E-state index in [4.69, 9.17) is 0 Å². The first-order valence-corrected chi connectivity index (χ1v) is 6.02. The van der Waals surface area contributed by atoms with Crippen molar-refractivity contribution in [2.45, 2.75) is 39.2 Å². The topological polar surface area (TPSA) is 3.24 Å². The summed E-state index contributed by atoms with van der Waals surface area (Å²) in [6.07, 6.45) is 3.20. The molecule has 0 aromatic carbocycles. The van der Waals surface area contributed by atoms with Gasteiger partial charge in [0.1, 0.15) is 0 Å². The Kier molecular flexibility index (Phi) is 1.74. The Bertz CT molecular complexity index is 328. The molecule has 2 heterocycles. The minimum atomic E-state index is 0.272. The number of hydrogen-bond donors (Lipinski definition) is 0. The van der Waals surface area contributed by atoms with E-state index in [0.717, 1.165) is 36.7 Å². The maximum absolute atomic E-state index is 12.7. The van der Waals surface area contributed by atoms with Crippen LogP contribution in [0.15, 0.2) is 11.9 Å². The van der Waals surface area contributed by atoms with Crippen molar-refractivity contribution in [3.63, 3.8) is 0 Å². The second kappa shape index (κ2) is 2.65. The SMILES string of the molecule is CC(C)(C)C12C/C(=C/F)CN1CC1CC12. The van der Waals surface area contributed by atoms with E-state index in [2.05, 4.69) is 25.7 Å². The van der Waals surface area contributed by atoms with Crippen LogP contribution in [0, 0.1) is 17.3 Å². The Morgan fingerprint density at radius 2 is 2.20 bits per heavy atom. The van der Waals surface area contributed by atoms with Crippen LogP contribution in [-0.4, -0.2) is 23.5 Å². The van der Waals surface area contributed by atoms with Crippen LogP contribution in [0.25, 0.3) is 0 Å². The van der Waals surface area contributed by atoms with E-state index in [1.807, 2.05) is 0 Å². The maximum atomic E-state index is 12.7. The van der Waals surface area contributed by atoms with Crippen molar-refractivity contribution in [1.82, 2.24) is 4.90 Å². The number of fused-ring (bicyclic) bond motifs is 3. The van der Waals surface area contributed by atoms with Crippen molar-refractivity contribution in [1.29, 1.82) is 0 Å². The lowest BCUT2D eigenvalue weighted by Gasteiger charge is -2.46. The van der Waals surface area contributed by atoms with Gasteiger partial charge < -0.3 is 0 Å². The van der Waals surface area contributed by atoms with Gasteiger partial charge in [0.15, 0.2) is 0 Å². The highest BCUT2D eigenvalue weighted by molar-refractivity contribution is 5.29. The molecule has 0 amide bonds. The molecule has 3 fully saturated rings. The van der Waals surface area contributed by atoms with Crippen molar-refractivity contribution in [2.24, 2.45) is 17.3 Å². The summed E-state index contributed by atoms with van der Waals surface area (Å²) in [6, 6.07) is 0. The average Bonchev–Trinajstić information content (AvgIpc) is 2.69. The normalized spacial score (nSPS) is 47.1. The zero-order valence-electron chi connectivity index (χ0n) is 9.89. The van der Waals surface area contributed by atoms with E-state index < -0.39 is 0 Å². The van der Waals surface area contributed by atoms with Gasteiger partial charge in [0, 0.05) is 18.6 Å². The predicted octanol–water partition coefficient (Wildman–Crippen LogP) is 2.98. The third-order valence-electron chi connectivity index (χ3n) is 4.90. The number of rotatable bonds is 0. The minimum Gasteiger partial charge on any atom is -0.292 e. The molecule has 84 valence electrons. The number of piperidine rings is 1. The summed E-state index contributed by atoms with van der Waals surface area (Å²) in [5.74, 6) is 1.76. The van der Waals surface area contributed by atoms with E-state index in [0.29, 0.717) is 0 Å². The van der Waals surface area contributed by atoms with Crippen molar-refractivity contribution in [3.05, 3.63) is 11.9 Å². The van der Waals surface area contributed by atoms with Gasteiger partial charge in [-0.1, -0.05) is 20.8 Å². The van der Waals surface area contributed by atoms with Crippen LogP contribution >= 0.6 is 0 Å². The van der Waals surface area contributed by atoms with Gasteiger partial charge in [-0.05, 0) is 35.7 Å². The zero-order valence-corrected chi connectivity index (χ0v) is 9.89. The molecule has 0 aromatic heterocycles. The van der Waals surface area contributed by atoms with Gasteiger partial charge in [-0.15, -0.1) is 0 Å². The van der Waals surface area contributed by atoms with Crippen molar-refractivity contribution in [3.8, 4) is 0 Å². The lowest BCUT2D eigenvalue weighted by Crippen LogP contribution is -2.52. The van der Waals surface area contributed by atoms with Crippen molar-refractivity contribution >= 4 is 0 Å². The fraction of sp³-hybridized carbons (Fsp3) is 0.846. The summed E-state index contributed by atoms with van der Waals surface area (Å²) in [5, 5.41) is 0. The Balaban J connectivity index is 2.02. The van der Waals surface area contributed by atoms with Crippen molar-refractivity contribution in [2.75, 3.05) is 13.1 Å². The first-order chi connectivity index (χ1) is 6.99. The maximum Gasteiger partial charge on any atom is 0.0872 e. The fourth-order valence-electron chi connectivity index (χ4n) is 4.18. The molecule has 3 rings (SSSR count). The largest absolute Gasteiger partial charge is 0.292 e. The summed E-state index contributed by atoms with van der Waals surface area (Å²) in [4.78, 5) is 2.55. The molecule has 2 aliphatic heterocycles. The molecular weight excluding hydrogens is 189 g/mol. The van der Waals surface area contributed by atoms with Gasteiger partial charge >= 0.3 is 0 Å². The molecular formula is C13H20FN. The molecule has 1 saturated carbocycles. The molecule has 0 spiro atoms. The van der Waals surface area contributed by atoms with Crippen LogP contribution in [0.5, 0.6) is 0 Å². The third-order valence-corrected chi connectivity index (χ3v) is 4.90. The van der Waals surface area contributed by atoms with Gasteiger partial charge in [-0.2, -0.15) is 0 Å². The standard InChI is InChI=1S/C13H20FN/c1-12(2,3)13-5-9(6-14)7-15(13)8-10-4-11(10)13/h6,10-11H,4-5,7-8H2,1-3H3/b9-6-. The Morgan fingerprint density at radius 1 is 1.47 bits per heavy atom. The number of halogens is 1. The summed E-state index contributed by atoms with van der Waals surface area (Å²) < 4.78 is 12.7. The molecule has 2 heteroatoms. The Morgan fingerprint density at radius 3 is 2.73 bits per heavy atom. The van der Waals surface area contributed by atoms with Gasteiger partial charge in [0.2, 0.25) is 0 Å². The summed E-state index contributed by atoms with van der Waals surface area (Å²) in [7, 11) is 0. The number of hydrogen-bond acceptors (Lipinski definition) is 1. The first-order valence-electron chi connectivity index (χ1n) is 6.02. The van der Waals surface area contributed by atoms with Gasteiger partial charge in [-0.25, -0.2) is 4.39 Å². The van der Waals surface area contributed by atoms with Gasteiger partial charge in [-0.3, -0.25) is 4.90 Å². The summed E-state index contributed by atoms with van der Waals surface area (Å²) in [5.41, 5.74) is 1.55. The quantitative estimate of drug-likeness (QED) is 0.593. The van der Waals surface area contributed by atoms with Crippen LogP contribution in [-0.2, 0) is 0 Å². The molecule has 1 aliphatic carbocycles. The highest BCUT2D eigenvalue weighted by atomic mass is 19.1. The fourth-order valence-corrected chi connectivity index (χ4v) is 4.18. The third kappa shape index (κ3) is 1.06. The molecule has 3 atom stereocenters. The second-order valence-corrected chi connectivity index (χ2v) is 6.60. The predicted molar refractivity (Wildman–Crippen MR) is 59.2 cm³/mol. The highest BCUT2D eigenvalue weighted by Gasteiger charge is 2.68. The van der Waals surface area contributed by atoms with Crippen LogP contribution in [0.3, 0.4) is 0 Å². The van der Waals surface area contributed by atoms with Gasteiger partial charge in [0.25, 0.3) is 0 Å². The van der Waals surface area contributed by atoms with Crippen LogP contribution in [0.2, 0.25) is 0 Å². The zero-order chi connectivity index (χ0) is 10.8. The second-order valence-electron chi connectivity index (χ2n) is 6.60. The summed E-state index contributed by atoms with van der Waals surface area (Å²) in [6.45, 7) is 9.05. The lowest BCUT2D eigenvalue weighted by molar-refractivity contribution is 0.0375.